The van der Waals surface area contributed by atoms with E-state index < -0.39 is 0 Å². The van der Waals surface area contributed by atoms with Crippen LogP contribution in [0.25, 0.3) is 0 Å². The number of amides is 1. The molecule has 8 heteroatoms. The number of ether oxygens (including phenoxy) is 1. The number of para-hydroxylation sites is 1. The minimum absolute atomic E-state index is 0.0943. The molecule has 0 unspecified atom stereocenters. The lowest BCUT2D eigenvalue weighted by molar-refractivity contribution is -0.120. The predicted molar refractivity (Wildman–Crippen MR) is 103 cm³/mol. The molecule has 0 saturated carbocycles. The van der Waals surface area contributed by atoms with Crippen LogP contribution in [0.3, 0.4) is 0 Å². The van der Waals surface area contributed by atoms with Crippen LogP contribution in [0.2, 0.25) is 5.02 Å². The van der Waals surface area contributed by atoms with Crippen LogP contribution < -0.4 is 15.4 Å². The van der Waals surface area contributed by atoms with Gasteiger partial charge < -0.3 is 15.4 Å². The van der Waals surface area contributed by atoms with Crippen LogP contribution in [0.1, 0.15) is 5.69 Å². The lowest BCUT2D eigenvalue weighted by Crippen LogP contribution is -2.29. The van der Waals surface area contributed by atoms with Crippen molar-refractivity contribution in [2.75, 3.05) is 18.5 Å². The first-order chi connectivity index (χ1) is 12.7. The Labute approximate surface area is 160 Å². The smallest absolute Gasteiger partial charge is 0.226 e. The van der Waals surface area contributed by atoms with E-state index in [1.54, 1.807) is 18.3 Å². The fourth-order valence-corrected chi connectivity index (χ4v) is 2.94. The van der Waals surface area contributed by atoms with Crippen LogP contribution in [0, 0.1) is 0 Å². The molecule has 1 amide bonds. The molecule has 0 aliphatic heterocycles. The topological polar surface area (TPSA) is 76.1 Å². The van der Waals surface area contributed by atoms with Gasteiger partial charge in [0.25, 0.3) is 0 Å². The number of benzene rings is 1. The van der Waals surface area contributed by atoms with Gasteiger partial charge in [0.2, 0.25) is 5.91 Å². The zero-order valence-electron chi connectivity index (χ0n) is 13.8. The number of hydrogen-bond donors (Lipinski definition) is 2. The van der Waals surface area contributed by atoms with Gasteiger partial charge in [-0.2, -0.15) is 0 Å². The number of pyridine rings is 1. The summed E-state index contributed by atoms with van der Waals surface area (Å²) in [6.45, 7) is 0.861. The fraction of sp³-hybridized carbons (Fsp3) is 0.167. The molecular formula is C18H17ClN4O2S. The van der Waals surface area contributed by atoms with Crippen molar-refractivity contribution in [3.05, 3.63) is 64.8 Å². The molecule has 0 atom stereocenters. The Bertz CT molecular complexity index is 840. The highest BCUT2D eigenvalue weighted by atomic mass is 35.5. The molecular weight excluding hydrogens is 372 g/mol. The molecule has 6 nitrogen and oxygen atoms in total. The van der Waals surface area contributed by atoms with Crippen molar-refractivity contribution in [3.63, 3.8) is 0 Å². The van der Waals surface area contributed by atoms with Crippen molar-refractivity contribution in [3.8, 4) is 5.75 Å². The number of aromatic nitrogens is 2. The quantitative estimate of drug-likeness (QED) is 0.576. The second kappa shape index (κ2) is 9.17. The van der Waals surface area contributed by atoms with Crippen molar-refractivity contribution in [1.82, 2.24) is 15.3 Å². The Kier molecular flexibility index (Phi) is 6.40. The third kappa shape index (κ3) is 5.72. The Balaban J connectivity index is 1.40. The van der Waals surface area contributed by atoms with Crippen LogP contribution in [0.15, 0.2) is 54.0 Å². The number of rotatable bonds is 8. The Morgan fingerprint density at radius 2 is 2.04 bits per heavy atom. The van der Waals surface area contributed by atoms with Gasteiger partial charge in [-0.1, -0.05) is 29.8 Å². The van der Waals surface area contributed by atoms with Gasteiger partial charge in [-0.15, -0.1) is 11.3 Å². The molecule has 0 aliphatic rings. The SMILES string of the molecule is O=C(Cc1csc(Nc2ccc(Cl)cn2)n1)NCCOc1ccccc1. The Morgan fingerprint density at radius 3 is 2.81 bits per heavy atom. The van der Waals surface area contributed by atoms with E-state index in [1.807, 2.05) is 35.7 Å². The average molecular weight is 389 g/mol. The van der Waals surface area contributed by atoms with E-state index in [4.69, 9.17) is 16.3 Å². The molecule has 134 valence electrons. The fourth-order valence-electron chi connectivity index (χ4n) is 2.11. The summed E-state index contributed by atoms with van der Waals surface area (Å²) in [7, 11) is 0. The van der Waals surface area contributed by atoms with Crippen LogP contribution in [-0.2, 0) is 11.2 Å². The van der Waals surface area contributed by atoms with E-state index in [9.17, 15) is 4.79 Å². The standard InChI is InChI=1S/C18H17ClN4O2S/c19-13-6-7-16(21-11-13)23-18-22-14(12-26-18)10-17(24)20-8-9-25-15-4-2-1-3-5-15/h1-7,11-12H,8-10H2,(H,20,24)(H,21,22,23). The summed E-state index contributed by atoms with van der Waals surface area (Å²) in [6.07, 6.45) is 1.78. The number of carbonyl (C=O) groups excluding carboxylic acids is 1. The molecule has 0 fully saturated rings. The van der Waals surface area contributed by atoms with Crippen LogP contribution in [0.4, 0.5) is 10.9 Å². The monoisotopic (exact) mass is 388 g/mol. The summed E-state index contributed by atoms with van der Waals surface area (Å²) in [4.78, 5) is 20.5. The molecule has 26 heavy (non-hydrogen) atoms. The van der Waals surface area contributed by atoms with E-state index in [0.717, 1.165) is 5.75 Å². The van der Waals surface area contributed by atoms with Crippen molar-refractivity contribution >= 4 is 39.8 Å². The lowest BCUT2D eigenvalue weighted by atomic mass is 10.3. The maximum atomic E-state index is 12.0. The van der Waals surface area contributed by atoms with Crippen molar-refractivity contribution in [1.29, 1.82) is 0 Å². The number of hydrogen-bond acceptors (Lipinski definition) is 6. The van der Waals surface area contributed by atoms with E-state index in [-0.39, 0.29) is 12.3 Å². The molecule has 3 aromatic rings. The highest BCUT2D eigenvalue weighted by molar-refractivity contribution is 7.13. The largest absolute Gasteiger partial charge is 0.492 e. The number of carbonyl (C=O) groups is 1. The number of anilines is 2. The van der Waals surface area contributed by atoms with Crippen molar-refractivity contribution < 1.29 is 9.53 Å². The van der Waals surface area contributed by atoms with Gasteiger partial charge >= 0.3 is 0 Å². The van der Waals surface area contributed by atoms with Gasteiger partial charge in [-0.3, -0.25) is 4.79 Å². The number of nitrogens with zero attached hydrogens (tertiary/aromatic N) is 2. The van der Waals surface area contributed by atoms with Gasteiger partial charge in [0.15, 0.2) is 5.13 Å². The van der Waals surface area contributed by atoms with Crippen LogP contribution >= 0.6 is 22.9 Å². The van der Waals surface area contributed by atoms with Crippen LogP contribution in [0.5, 0.6) is 5.75 Å². The normalized spacial score (nSPS) is 10.3. The molecule has 2 heterocycles. The third-order valence-corrected chi connectivity index (χ3v) is 4.32. The number of halogens is 1. The van der Waals surface area contributed by atoms with Crippen molar-refractivity contribution in [2.45, 2.75) is 6.42 Å². The minimum Gasteiger partial charge on any atom is -0.492 e. The third-order valence-electron chi connectivity index (χ3n) is 3.29. The maximum Gasteiger partial charge on any atom is 0.226 e. The predicted octanol–water partition coefficient (Wildman–Crippen LogP) is 3.67. The molecule has 0 spiro atoms. The number of nitrogens with one attached hydrogen (secondary N) is 2. The summed E-state index contributed by atoms with van der Waals surface area (Å²) in [5.74, 6) is 1.34. The summed E-state index contributed by atoms with van der Waals surface area (Å²) in [6, 6.07) is 13.0. The average Bonchev–Trinajstić information content (AvgIpc) is 3.08. The van der Waals surface area contributed by atoms with Gasteiger partial charge in [0.1, 0.15) is 18.2 Å². The molecule has 0 radical (unpaired) electrons. The molecule has 2 N–H and O–H groups in total. The van der Waals surface area contributed by atoms with Crippen molar-refractivity contribution in [2.24, 2.45) is 0 Å². The van der Waals surface area contributed by atoms with E-state index in [1.165, 1.54) is 11.3 Å². The van der Waals surface area contributed by atoms with Gasteiger partial charge in [-0.25, -0.2) is 9.97 Å². The van der Waals surface area contributed by atoms with Crippen LogP contribution in [-0.4, -0.2) is 29.0 Å². The van der Waals surface area contributed by atoms with Gasteiger partial charge in [-0.05, 0) is 24.3 Å². The second-order valence-corrected chi connectivity index (χ2v) is 6.61. The Hall–Kier alpha value is -2.64. The zero-order chi connectivity index (χ0) is 18.2. The molecule has 0 aliphatic carbocycles. The minimum atomic E-state index is -0.0943. The summed E-state index contributed by atoms with van der Waals surface area (Å²) in [5, 5.41) is 9.00. The van der Waals surface area contributed by atoms with E-state index >= 15 is 0 Å². The molecule has 2 aromatic heterocycles. The van der Waals surface area contributed by atoms with E-state index in [0.29, 0.717) is 34.8 Å². The van der Waals surface area contributed by atoms with E-state index in [2.05, 4.69) is 20.6 Å². The first-order valence-electron chi connectivity index (χ1n) is 7.96. The molecule has 0 bridgehead atoms. The summed E-state index contributed by atoms with van der Waals surface area (Å²) < 4.78 is 5.53. The highest BCUT2D eigenvalue weighted by Crippen LogP contribution is 2.20. The first-order valence-corrected chi connectivity index (χ1v) is 9.22. The highest BCUT2D eigenvalue weighted by Gasteiger charge is 2.08. The summed E-state index contributed by atoms with van der Waals surface area (Å²) in [5.41, 5.74) is 0.702. The maximum absolute atomic E-state index is 12.0. The number of thiazole rings is 1. The molecule has 3 rings (SSSR count). The molecule has 1 aromatic carbocycles. The Morgan fingerprint density at radius 1 is 1.19 bits per heavy atom. The molecule has 0 saturated heterocycles. The van der Waals surface area contributed by atoms with Gasteiger partial charge in [0.05, 0.1) is 23.7 Å². The van der Waals surface area contributed by atoms with Gasteiger partial charge in [0, 0.05) is 11.6 Å². The second-order valence-electron chi connectivity index (χ2n) is 5.32. The lowest BCUT2D eigenvalue weighted by Gasteiger charge is -2.07. The summed E-state index contributed by atoms with van der Waals surface area (Å²) >= 11 is 7.22. The first kappa shape index (κ1) is 18.2. The zero-order valence-corrected chi connectivity index (χ0v) is 15.4.